The highest BCUT2D eigenvalue weighted by molar-refractivity contribution is 5.85. The number of oxazole rings is 1. The molecule has 24 heavy (non-hydrogen) atoms. The number of benzene rings is 1. The van der Waals surface area contributed by atoms with Gasteiger partial charge in [-0.3, -0.25) is 0 Å². The number of aromatic carboxylic acids is 1. The first kappa shape index (κ1) is 14.7. The number of nitrogens with one attached hydrogen (secondary N) is 1. The highest BCUT2D eigenvalue weighted by atomic mass is 16.4. The topological polar surface area (TPSA) is 95.2 Å². The molecule has 0 amide bonds. The summed E-state index contributed by atoms with van der Waals surface area (Å²) in [5.74, 6) is 0.128. The molecule has 7 nitrogen and oxygen atoms in total. The molecule has 0 spiro atoms. The van der Waals surface area contributed by atoms with Crippen LogP contribution in [-0.4, -0.2) is 39.1 Å². The number of aromatic nitrogens is 3. The maximum atomic E-state index is 11.0. The first-order chi connectivity index (χ1) is 11.6. The van der Waals surface area contributed by atoms with E-state index in [1.165, 1.54) is 11.8 Å². The van der Waals surface area contributed by atoms with Crippen molar-refractivity contribution < 1.29 is 14.3 Å². The molecule has 1 fully saturated rings. The predicted octanol–water partition coefficient (Wildman–Crippen LogP) is 2.94. The minimum Gasteiger partial charge on any atom is -0.476 e. The van der Waals surface area contributed by atoms with Crippen LogP contribution in [0.15, 0.2) is 28.9 Å². The van der Waals surface area contributed by atoms with E-state index >= 15 is 0 Å². The van der Waals surface area contributed by atoms with Crippen molar-refractivity contribution in [2.75, 3.05) is 18.0 Å². The van der Waals surface area contributed by atoms with Crippen LogP contribution in [-0.2, 0) is 0 Å². The van der Waals surface area contributed by atoms with Crippen LogP contribution in [0.2, 0.25) is 0 Å². The van der Waals surface area contributed by atoms with Crippen molar-refractivity contribution in [3.8, 4) is 0 Å². The number of rotatable bonds is 3. The fraction of sp³-hybridized carbons (Fsp3) is 0.353. The van der Waals surface area contributed by atoms with Crippen molar-refractivity contribution in [2.24, 2.45) is 0 Å². The molecule has 1 saturated heterocycles. The van der Waals surface area contributed by atoms with Gasteiger partial charge in [0, 0.05) is 19.0 Å². The van der Waals surface area contributed by atoms with Gasteiger partial charge in [-0.05, 0) is 37.5 Å². The number of aryl methyl sites for hydroxylation is 1. The lowest BCUT2D eigenvalue weighted by atomic mass is 9.98. The fourth-order valence-corrected chi connectivity index (χ4v) is 3.22. The maximum Gasteiger partial charge on any atom is 0.357 e. The van der Waals surface area contributed by atoms with Gasteiger partial charge in [-0.25, -0.2) is 9.78 Å². The van der Waals surface area contributed by atoms with Gasteiger partial charge in [-0.1, -0.05) is 6.07 Å². The molecule has 1 aliphatic heterocycles. The predicted molar refractivity (Wildman–Crippen MR) is 88.5 cm³/mol. The van der Waals surface area contributed by atoms with E-state index in [0.717, 1.165) is 36.2 Å². The second kappa shape index (κ2) is 5.67. The first-order valence-electron chi connectivity index (χ1n) is 8.00. The van der Waals surface area contributed by atoms with Crippen LogP contribution in [0, 0.1) is 6.92 Å². The van der Waals surface area contributed by atoms with Gasteiger partial charge >= 0.3 is 5.97 Å². The summed E-state index contributed by atoms with van der Waals surface area (Å²) in [5.41, 5.74) is 3.15. The van der Waals surface area contributed by atoms with Gasteiger partial charge < -0.3 is 19.4 Å². The zero-order valence-electron chi connectivity index (χ0n) is 13.3. The zero-order chi connectivity index (χ0) is 16.7. The number of piperidine rings is 1. The van der Waals surface area contributed by atoms with Crippen LogP contribution >= 0.6 is 0 Å². The maximum absolute atomic E-state index is 11.0. The summed E-state index contributed by atoms with van der Waals surface area (Å²) < 4.78 is 5.33. The third-order valence-electron chi connectivity index (χ3n) is 4.45. The molecule has 124 valence electrons. The molecule has 0 radical (unpaired) electrons. The Bertz CT molecular complexity index is 898. The molecule has 1 aromatic carbocycles. The van der Waals surface area contributed by atoms with Crippen molar-refractivity contribution in [3.05, 3.63) is 41.5 Å². The number of carboxylic acids is 1. The molecule has 0 bridgehead atoms. The normalized spacial score (nSPS) is 18.2. The van der Waals surface area contributed by atoms with E-state index < -0.39 is 5.97 Å². The van der Waals surface area contributed by atoms with Gasteiger partial charge in [0.1, 0.15) is 12.1 Å². The summed E-state index contributed by atoms with van der Waals surface area (Å²) in [7, 11) is 0. The molecular formula is C17H18N4O3. The molecule has 2 aromatic heterocycles. The smallest absolute Gasteiger partial charge is 0.357 e. The van der Waals surface area contributed by atoms with Gasteiger partial charge in [0.2, 0.25) is 0 Å². The largest absolute Gasteiger partial charge is 0.476 e. The number of hydrogen-bond donors (Lipinski definition) is 2. The third-order valence-corrected chi connectivity index (χ3v) is 4.45. The minimum atomic E-state index is -1.08. The van der Waals surface area contributed by atoms with Crippen molar-refractivity contribution >= 4 is 23.0 Å². The summed E-state index contributed by atoms with van der Waals surface area (Å²) in [5, 5.41) is 8.97. The van der Waals surface area contributed by atoms with E-state index in [1.807, 2.05) is 11.0 Å². The number of aromatic amines is 1. The highest BCUT2D eigenvalue weighted by Gasteiger charge is 2.27. The van der Waals surface area contributed by atoms with E-state index in [1.54, 1.807) is 0 Å². The molecule has 1 aliphatic rings. The van der Waals surface area contributed by atoms with Gasteiger partial charge in [0.25, 0.3) is 6.01 Å². The Labute approximate surface area is 138 Å². The van der Waals surface area contributed by atoms with Crippen LogP contribution in [0.3, 0.4) is 0 Å². The number of imidazole rings is 1. The lowest BCUT2D eigenvalue weighted by Gasteiger charge is -2.30. The average molecular weight is 326 g/mol. The Hall–Kier alpha value is -2.83. The van der Waals surface area contributed by atoms with Crippen LogP contribution in [0.5, 0.6) is 0 Å². The van der Waals surface area contributed by atoms with E-state index in [-0.39, 0.29) is 11.6 Å². The monoisotopic (exact) mass is 326 g/mol. The number of fused-ring (bicyclic) bond motifs is 1. The summed E-state index contributed by atoms with van der Waals surface area (Å²) in [4.78, 5) is 25.1. The average Bonchev–Trinajstić information content (AvgIpc) is 3.21. The molecule has 7 heteroatoms. The van der Waals surface area contributed by atoms with Gasteiger partial charge in [0.05, 0.1) is 11.0 Å². The van der Waals surface area contributed by atoms with Gasteiger partial charge in [0.15, 0.2) is 5.69 Å². The highest BCUT2D eigenvalue weighted by Crippen LogP contribution is 2.29. The number of carboxylic acid groups (broad SMARTS) is 1. The van der Waals surface area contributed by atoms with E-state index in [4.69, 9.17) is 14.5 Å². The van der Waals surface area contributed by atoms with Crippen molar-refractivity contribution in [1.29, 1.82) is 0 Å². The Kier molecular flexibility index (Phi) is 3.48. The number of H-pyrrole nitrogens is 1. The summed E-state index contributed by atoms with van der Waals surface area (Å²) in [6.45, 7) is 3.57. The van der Waals surface area contributed by atoms with Crippen molar-refractivity contribution in [3.63, 3.8) is 0 Å². The van der Waals surface area contributed by atoms with Crippen molar-refractivity contribution in [1.82, 2.24) is 15.0 Å². The standard InChI is InChI=1S/C17H18N4O3/c1-10-4-5-12-13(7-10)19-15(18-12)11-3-2-6-21(8-11)17-20-14(9-24-17)16(22)23/h4-5,7,9,11H,2-3,6,8H2,1H3,(H,18,19)(H,22,23). The molecule has 0 aliphatic carbocycles. The molecule has 1 unspecified atom stereocenters. The summed E-state index contributed by atoms with van der Waals surface area (Å²) >= 11 is 0. The summed E-state index contributed by atoms with van der Waals surface area (Å²) in [6, 6.07) is 6.54. The summed E-state index contributed by atoms with van der Waals surface area (Å²) in [6.07, 6.45) is 3.19. The minimum absolute atomic E-state index is 0.0636. The number of carbonyl (C=O) groups is 1. The van der Waals surface area contributed by atoms with Crippen LogP contribution in [0.1, 0.15) is 40.6 Å². The van der Waals surface area contributed by atoms with Crippen LogP contribution in [0.25, 0.3) is 11.0 Å². The molecular weight excluding hydrogens is 308 g/mol. The Morgan fingerprint density at radius 1 is 1.42 bits per heavy atom. The number of nitrogens with zero attached hydrogens (tertiary/aromatic N) is 3. The Morgan fingerprint density at radius 3 is 3.08 bits per heavy atom. The fourth-order valence-electron chi connectivity index (χ4n) is 3.22. The van der Waals surface area contributed by atoms with E-state index in [2.05, 4.69) is 29.0 Å². The van der Waals surface area contributed by atoms with E-state index in [0.29, 0.717) is 12.6 Å². The number of hydrogen-bond acceptors (Lipinski definition) is 5. The van der Waals surface area contributed by atoms with Crippen molar-refractivity contribution in [2.45, 2.75) is 25.7 Å². The Morgan fingerprint density at radius 2 is 2.29 bits per heavy atom. The SMILES string of the molecule is Cc1ccc2nc(C3CCCN(c4nc(C(=O)O)co4)C3)[nH]c2c1. The molecule has 2 N–H and O–H groups in total. The molecule has 1 atom stereocenters. The number of anilines is 1. The second-order valence-corrected chi connectivity index (χ2v) is 6.25. The quantitative estimate of drug-likeness (QED) is 0.768. The molecule has 4 rings (SSSR count). The Balaban J connectivity index is 1.57. The second-order valence-electron chi connectivity index (χ2n) is 6.25. The van der Waals surface area contributed by atoms with Crippen LogP contribution < -0.4 is 4.90 Å². The zero-order valence-corrected chi connectivity index (χ0v) is 13.3. The van der Waals surface area contributed by atoms with Gasteiger partial charge in [-0.2, -0.15) is 4.98 Å². The molecule has 3 heterocycles. The molecule has 3 aromatic rings. The lowest BCUT2D eigenvalue weighted by Crippen LogP contribution is -2.35. The molecule has 0 saturated carbocycles. The van der Waals surface area contributed by atoms with E-state index in [9.17, 15) is 4.79 Å². The van der Waals surface area contributed by atoms with Gasteiger partial charge in [-0.15, -0.1) is 0 Å². The van der Waals surface area contributed by atoms with Crippen LogP contribution in [0.4, 0.5) is 6.01 Å². The third kappa shape index (κ3) is 2.62. The lowest BCUT2D eigenvalue weighted by molar-refractivity contribution is 0.0690. The first-order valence-corrected chi connectivity index (χ1v) is 8.00.